The number of rotatable bonds is 13. The Morgan fingerprint density at radius 1 is 0.0982 bits per heavy atom. The van der Waals surface area contributed by atoms with Gasteiger partial charge in [0.15, 0.2) is 0 Å². The highest BCUT2D eigenvalue weighted by Crippen LogP contribution is 2.67. The van der Waals surface area contributed by atoms with Gasteiger partial charge in [0.25, 0.3) is 0 Å². The molecule has 2 aliphatic rings. The fraction of sp³-hybridized carbons (Fsp3) is 0. The van der Waals surface area contributed by atoms with Crippen LogP contribution in [-0.4, -0.2) is 0 Å². The van der Waals surface area contributed by atoms with Crippen molar-refractivity contribution in [2.45, 2.75) is 0 Å². The van der Waals surface area contributed by atoms with E-state index >= 15 is 0 Å². The molecule has 0 bridgehead atoms. The van der Waals surface area contributed by atoms with Crippen LogP contribution in [0.15, 0.2) is 425 Å². The van der Waals surface area contributed by atoms with E-state index in [1.807, 2.05) is 0 Å². The Labute approximate surface area is 652 Å². The molecule has 0 aliphatic heterocycles. The van der Waals surface area contributed by atoms with Gasteiger partial charge in [-0.2, -0.15) is 0 Å². The van der Waals surface area contributed by atoms with Crippen LogP contribution in [0.5, 0.6) is 0 Å². The summed E-state index contributed by atoms with van der Waals surface area (Å²) < 4.78 is 0. The lowest BCUT2D eigenvalue weighted by Crippen LogP contribution is -1.98. The molecular formula is C112H70. The van der Waals surface area contributed by atoms with E-state index in [4.69, 9.17) is 0 Å². The Balaban J connectivity index is 0.946. The van der Waals surface area contributed by atoms with E-state index in [0.29, 0.717) is 0 Å². The maximum absolute atomic E-state index is 2.55. The second-order valence-corrected chi connectivity index (χ2v) is 29.9. The van der Waals surface area contributed by atoms with Gasteiger partial charge in [-0.25, -0.2) is 0 Å². The summed E-state index contributed by atoms with van der Waals surface area (Å²) in [4.78, 5) is 0. The minimum atomic E-state index is 1.16. The van der Waals surface area contributed by atoms with Gasteiger partial charge in [0.05, 0.1) is 0 Å². The summed E-state index contributed by atoms with van der Waals surface area (Å²) in [7, 11) is 0. The van der Waals surface area contributed by atoms with E-state index in [0.717, 1.165) is 50.1 Å². The zero-order chi connectivity index (χ0) is 73.7. The van der Waals surface area contributed by atoms with Crippen LogP contribution in [0.3, 0.4) is 0 Å². The van der Waals surface area contributed by atoms with Gasteiger partial charge in [0.1, 0.15) is 0 Å². The molecular weight excluding hydrogens is 1350 g/mol. The third-order valence-electron chi connectivity index (χ3n) is 23.8. The molecule has 0 unspecified atom stereocenters. The molecule has 0 heteroatoms. The van der Waals surface area contributed by atoms with Crippen LogP contribution in [0.2, 0.25) is 0 Å². The molecule has 0 saturated carbocycles. The van der Waals surface area contributed by atoms with Gasteiger partial charge in [-0.3, -0.25) is 0 Å². The lowest BCUT2D eigenvalue weighted by Gasteiger charge is -2.25. The second kappa shape index (κ2) is 26.7. The van der Waals surface area contributed by atoms with E-state index in [1.165, 1.54) is 182 Å². The normalized spacial score (nSPS) is 11.8. The summed E-state index contributed by atoms with van der Waals surface area (Å²) in [6, 6.07) is 160. The molecule has 0 aromatic heterocycles. The molecule has 0 saturated heterocycles. The van der Waals surface area contributed by atoms with Crippen molar-refractivity contribution >= 4 is 43.1 Å². The molecule has 518 valence electrons. The molecule has 112 heavy (non-hydrogen) atoms. The minimum absolute atomic E-state index is 1.16. The van der Waals surface area contributed by atoms with Crippen LogP contribution in [-0.2, 0) is 0 Å². The van der Waals surface area contributed by atoms with Crippen molar-refractivity contribution in [1.82, 2.24) is 0 Å². The SMILES string of the molecule is c1ccc(-c2ccc(-c3ccccc3)c(-c3c4c(c(-c5cc(-c6ccccc6)ccc5-c5ccccc5)c5cc(-c6ccccc6)ccc35)-c3ccc5c6c(ccc-4c36)-c3c-5c(-c4cc(-c5ccccc5)ccc4-c4ccccc4)c4cc5ccccc5cc4c3-c3cc(-c4ccccc4)ccc3-c3ccccc3)c2)cc1. The van der Waals surface area contributed by atoms with Gasteiger partial charge >= 0.3 is 0 Å². The zero-order valence-corrected chi connectivity index (χ0v) is 61.4. The first-order valence-electron chi connectivity index (χ1n) is 38.9. The highest BCUT2D eigenvalue weighted by atomic mass is 14.4. The molecule has 0 atom stereocenters. The van der Waals surface area contributed by atoms with Crippen LogP contribution in [0.4, 0.5) is 0 Å². The standard InChI is InChI=1S/C112H70/c1-10-30-71(31-11-1)82-50-55-87(76-40-20-6-21-41-76)96(66-82)103-91-59-54-86(75-38-18-5-19-39-75)70-100(91)106(97-67-83(72-32-12-2-13-33-72)51-56-88(97)77-42-22-7-23-43-77)110-93-62-63-95-105-94(61-60-92(104(93)105)109(103)110)111-107(98-68-84(73-34-14-3-15-35-73)52-57-89(98)78-44-24-8-25-45-78)101-64-80-48-28-29-49-81(80)65-102(101)108(112(95)111)99-69-85(74-36-16-4-17-37-74)53-58-90(99)79-46-26-9-27-47-79/h1-70H. The predicted octanol–water partition coefficient (Wildman–Crippen LogP) is 31.3. The Hall–Kier alpha value is -14.6. The highest BCUT2D eigenvalue weighted by molar-refractivity contribution is 6.37. The van der Waals surface area contributed by atoms with Gasteiger partial charge in [-0.15, -0.1) is 0 Å². The third-order valence-corrected chi connectivity index (χ3v) is 23.8. The molecule has 22 rings (SSSR count). The van der Waals surface area contributed by atoms with Gasteiger partial charge in [-0.05, 0) is 275 Å². The van der Waals surface area contributed by atoms with Crippen molar-refractivity contribution < 1.29 is 0 Å². The molecule has 2 aliphatic carbocycles. The van der Waals surface area contributed by atoms with E-state index in [1.54, 1.807) is 0 Å². The molecule has 0 spiro atoms. The fourth-order valence-electron chi connectivity index (χ4n) is 18.7. The van der Waals surface area contributed by atoms with Crippen LogP contribution < -0.4 is 0 Å². The average Bonchev–Trinajstić information content (AvgIpc) is 1.50. The Bertz CT molecular complexity index is 6930. The van der Waals surface area contributed by atoms with E-state index in [9.17, 15) is 0 Å². The summed E-state index contributed by atoms with van der Waals surface area (Å²) in [6.45, 7) is 0. The van der Waals surface area contributed by atoms with Crippen LogP contribution in [0, 0.1) is 0 Å². The molecule has 0 radical (unpaired) electrons. The average molecular weight is 1420 g/mol. The highest BCUT2D eigenvalue weighted by Gasteiger charge is 2.39. The minimum Gasteiger partial charge on any atom is -0.0622 e. The summed E-state index contributed by atoms with van der Waals surface area (Å²) in [5, 5.41) is 9.68. The van der Waals surface area contributed by atoms with Crippen molar-refractivity contribution in [3.05, 3.63) is 425 Å². The number of hydrogen-bond donors (Lipinski definition) is 0. The fourth-order valence-corrected chi connectivity index (χ4v) is 18.7. The largest absolute Gasteiger partial charge is 0.0622 e. The van der Waals surface area contributed by atoms with Gasteiger partial charge in [-0.1, -0.05) is 382 Å². The quantitative estimate of drug-likeness (QED) is 0.101. The smallest absolute Gasteiger partial charge is 0.000717 e. The molecule has 0 heterocycles. The lowest BCUT2D eigenvalue weighted by molar-refractivity contribution is 1.56. The van der Waals surface area contributed by atoms with Crippen LogP contribution >= 0.6 is 0 Å². The lowest BCUT2D eigenvalue weighted by atomic mass is 9.77. The van der Waals surface area contributed by atoms with Gasteiger partial charge < -0.3 is 0 Å². The zero-order valence-electron chi connectivity index (χ0n) is 61.4. The molecule has 0 N–H and O–H groups in total. The van der Waals surface area contributed by atoms with E-state index < -0.39 is 0 Å². The molecule has 20 aromatic rings. The number of hydrogen-bond acceptors (Lipinski definition) is 0. The van der Waals surface area contributed by atoms with Gasteiger partial charge in [0, 0.05) is 0 Å². The van der Waals surface area contributed by atoms with Crippen LogP contribution in [0.25, 0.3) is 232 Å². The van der Waals surface area contributed by atoms with Crippen molar-refractivity contribution in [2.75, 3.05) is 0 Å². The topological polar surface area (TPSA) is 0 Å². The number of benzene rings is 20. The van der Waals surface area contributed by atoms with E-state index in [2.05, 4.69) is 425 Å². The first-order chi connectivity index (χ1) is 55.6. The van der Waals surface area contributed by atoms with Crippen LogP contribution in [0.1, 0.15) is 0 Å². The molecule has 0 nitrogen and oxygen atoms in total. The molecule has 20 aromatic carbocycles. The second-order valence-electron chi connectivity index (χ2n) is 29.9. The maximum atomic E-state index is 2.55. The summed E-state index contributed by atoms with van der Waals surface area (Å²) in [6.07, 6.45) is 0. The Morgan fingerprint density at radius 2 is 0.295 bits per heavy atom. The van der Waals surface area contributed by atoms with Crippen molar-refractivity contribution in [2.24, 2.45) is 0 Å². The third kappa shape index (κ3) is 10.6. The van der Waals surface area contributed by atoms with Crippen molar-refractivity contribution in [1.29, 1.82) is 0 Å². The van der Waals surface area contributed by atoms with Crippen molar-refractivity contribution in [3.63, 3.8) is 0 Å². The van der Waals surface area contributed by atoms with E-state index in [-0.39, 0.29) is 0 Å². The predicted molar refractivity (Wildman–Crippen MR) is 476 cm³/mol. The summed E-state index contributed by atoms with van der Waals surface area (Å²) in [5.41, 5.74) is 40.4. The Kier molecular flexibility index (Phi) is 15.4. The molecule has 0 amide bonds. The monoisotopic (exact) mass is 1410 g/mol. The molecule has 0 fully saturated rings. The number of fused-ring (bicyclic) bond motifs is 9. The first kappa shape index (κ1) is 64.6. The first-order valence-corrected chi connectivity index (χ1v) is 38.9. The Morgan fingerprint density at radius 3 is 0.554 bits per heavy atom. The summed E-state index contributed by atoms with van der Waals surface area (Å²) >= 11 is 0. The maximum Gasteiger partial charge on any atom is -0.000717 e. The summed E-state index contributed by atoms with van der Waals surface area (Å²) in [5.74, 6) is 0. The van der Waals surface area contributed by atoms with Crippen molar-refractivity contribution in [3.8, 4) is 189 Å². The van der Waals surface area contributed by atoms with Gasteiger partial charge in [0.2, 0.25) is 0 Å².